The third kappa shape index (κ3) is 5.36. The standard InChI is InChI=1S/C23H30N4O3/c1-17-7-6-12-27(14-17)16-19-9-5-4-8-18(19)13-24-21(28)11-10-20-15-25(2)23(30)26(3)22(20)29/h4-5,8-11,15,17H,6-7,12-14,16H2,1-3H3,(H,24,28)/b11-10+. The molecule has 1 saturated heterocycles. The molecule has 0 saturated carbocycles. The van der Waals surface area contributed by atoms with Gasteiger partial charge >= 0.3 is 5.69 Å². The number of carbonyl (C=O) groups is 1. The summed E-state index contributed by atoms with van der Waals surface area (Å²) in [6, 6.07) is 8.16. The lowest BCUT2D eigenvalue weighted by Gasteiger charge is -2.31. The molecule has 1 aromatic heterocycles. The van der Waals surface area contributed by atoms with Crippen LogP contribution in [0.4, 0.5) is 0 Å². The second-order valence-electron chi connectivity index (χ2n) is 8.14. The maximum atomic E-state index is 12.3. The van der Waals surface area contributed by atoms with E-state index in [-0.39, 0.29) is 11.5 Å². The molecule has 0 radical (unpaired) electrons. The average Bonchev–Trinajstić information content (AvgIpc) is 2.73. The maximum Gasteiger partial charge on any atom is 0.330 e. The SMILES string of the molecule is CC1CCCN(Cc2ccccc2CNC(=O)/C=C/c2cn(C)c(=O)n(C)c2=O)C1. The fourth-order valence-electron chi connectivity index (χ4n) is 3.91. The number of likely N-dealkylation sites (tertiary alicyclic amines) is 1. The van der Waals surface area contributed by atoms with E-state index in [2.05, 4.69) is 23.2 Å². The van der Waals surface area contributed by atoms with Gasteiger partial charge in [-0.2, -0.15) is 0 Å². The lowest BCUT2D eigenvalue weighted by molar-refractivity contribution is -0.116. The first-order valence-electron chi connectivity index (χ1n) is 10.4. The second kappa shape index (κ2) is 9.71. The molecule has 1 aliphatic heterocycles. The van der Waals surface area contributed by atoms with Crippen molar-refractivity contribution < 1.29 is 4.79 Å². The van der Waals surface area contributed by atoms with E-state index in [9.17, 15) is 14.4 Å². The Labute approximate surface area is 176 Å². The van der Waals surface area contributed by atoms with Crippen molar-refractivity contribution in [2.24, 2.45) is 20.0 Å². The van der Waals surface area contributed by atoms with Crippen LogP contribution in [0, 0.1) is 5.92 Å². The fourth-order valence-corrected chi connectivity index (χ4v) is 3.91. The van der Waals surface area contributed by atoms with Crippen LogP contribution in [-0.4, -0.2) is 33.0 Å². The number of hydrogen-bond acceptors (Lipinski definition) is 4. The molecule has 1 fully saturated rings. The molecule has 0 aliphatic carbocycles. The summed E-state index contributed by atoms with van der Waals surface area (Å²) in [4.78, 5) is 38.7. The van der Waals surface area contributed by atoms with Gasteiger partial charge in [-0.05, 0) is 42.5 Å². The number of hydrogen-bond donors (Lipinski definition) is 1. The Morgan fingerprint density at radius 3 is 2.67 bits per heavy atom. The molecule has 1 amide bonds. The molecule has 7 nitrogen and oxygen atoms in total. The number of aromatic nitrogens is 2. The topological polar surface area (TPSA) is 76.3 Å². The minimum Gasteiger partial charge on any atom is -0.348 e. The lowest BCUT2D eigenvalue weighted by Crippen LogP contribution is -2.37. The number of amides is 1. The Kier molecular flexibility index (Phi) is 7.05. The summed E-state index contributed by atoms with van der Waals surface area (Å²) < 4.78 is 2.34. The minimum absolute atomic E-state index is 0.285. The Morgan fingerprint density at radius 1 is 1.20 bits per heavy atom. The van der Waals surface area contributed by atoms with E-state index in [0.29, 0.717) is 6.54 Å². The fraction of sp³-hybridized carbons (Fsp3) is 0.435. The van der Waals surface area contributed by atoms with E-state index in [1.165, 1.54) is 48.4 Å². The first-order valence-corrected chi connectivity index (χ1v) is 10.4. The molecule has 1 unspecified atom stereocenters. The largest absolute Gasteiger partial charge is 0.348 e. The van der Waals surface area contributed by atoms with Gasteiger partial charge in [0.2, 0.25) is 5.91 Å². The molecular weight excluding hydrogens is 380 g/mol. The quantitative estimate of drug-likeness (QED) is 0.735. The molecule has 2 heterocycles. The first kappa shape index (κ1) is 21.8. The first-order chi connectivity index (χ1) is 14.3. The smallest absolute Gasteiger partial charge is 0.330 e. The zero-order chi connectivity index (χ0) is 21.7. The number of piperidine rings is 1. The van der Waals surface area contributed by atoms with Gasteiger partial charge in [-0.3, -0.25) is 19.1 Å². The summed E-state index contributed by atoms with van der Waals surface area (Å²) in [5.74, 6) is 0.438. The van der Waals surface area contributed by atoms with Crippen molar-refractivity contribution in [3.63, 3.8) is 0 Å². The van der Waals surface area contributed by atoms with E-state index in [4.69, 9.17) is 0 Å². The van der Waals surface area contributed by atoms with E-state index in [0.717, 1.165) is 35.7 Å². The minimum atomic E-state index is -0.428. The Morgan fingerprint density at radius 2 is 1.93 bits per heavy atom. The van der Waals surface area contributed by atoms with Crippen molar-refractivity contribution in [3.8, 4) is 0 Å². The normalized spacial score (nSPS) is 17.4. The van der Waals surface area contributed by atoms with E-state index in [1.54, 1.807) is 7.05 Å². The Balaban J connectivity index is 1.63. The van der Waals surface area contributed by atoms with Gasteiger partial charge in [0.1, 0.15) is 0 Å². The van der Waals surface area contributed by atoms with Gasteiger partial charge in [0.15, 0.2) is 0 Å². The molecule has 1 atom stereocenters. The molecule has 0 bridgehead atoms. The molecule has 1 N–H and O–H groups in total. The van der Waals surface area contributed by atoms with Gasteiger partial charge in [0, 0.05) is 46.0 Å². The van der Waals surface area contributed by atoms with Crippen molar-refractivity contribution in [1.29, 1.82) is 0 Å². The highest BCUT2D eigenvalue weighted by Crippen LogP contribution is 2.19. The van der Waals surface area contributed by atoms with Crippen LogP contribution in [0.15, 0.2) is 46.1 Å². The van der Waals surface area contributed by atoms with Crippen molar-refractivity contribution in [1.82, 2.24) is 19.4 Å². The second-order valence-corrected chi connectivity index (χ2v) is 8.14. The number of rotatable bonds is 6. The molecule has 0 spiro atoms. The Bertz CT molecular complexity index is 1050. The lowest BCUT2D eigenvalue weighted by atomic mass is 9.99. The molecule has 7 heteroatoms. The summed E-state index contributed by atoms with van der Waals surface area (Å²) in [6.45, 7) is 5.83. The third-order valence-corrected chi connectivity index (χ3v) is 5.59. The predicted octanol–water partition coefficient (Wildman–Crippen LogP) is 1.65. The third-order valence-electron chi connectivity index (χ3n) is 5.59. The van der Waals surface area contributed by atoms with E-state index >= 15 is 0 Å². The average molecular weight is 411 g/mol. The number of nitrogens with zero attached hydrogens (tertiary/aromatic N) is 3. The van der Waals surface area contributed by atoms with Crippen molar-refractivity contribution in [2.75, 3.05) is 13.1 Å². The maximum absolute atomic E-state index is 12.3. The zero-order valence-electron chi connectivity index (χ0n) is 17.9. The summed E-state index contributed by atoms with van der Waals surface area (Å²) in [6.07, 6.45) is 6.73. The number of nitrogens with one attached hydrogen (secondary N) is 1. The van der Waals surface area contributed by atoms with Crippen LogP contribution in [0.3, 0.4) is 0 Å². The van der Waals surface area contributed by atoms with E-state index < -0.39 is 11.2 Å². The molecular formula is C23H30N4O3. The van der Waals surface area contributed by atoms with Crippen molar-refractivity contribution >= 4 is 12.0 Å². The summed E-state index contributed by atoms with van der Waals surface area (Å²) >= 11 is 0. The van der Waals surface area contributed by atoms with Gasteiger partial charge in [-0.1, -0.05) is 31.2 Å². The highest BCUT2D eigenvalue weighted by Gasteiger charge is 2.17. The molecule has 3 rings (SSSR count). The van der Waals surface area contributed by atoms with Gasteiger partial charge in [-0.15, -0.1) is 0 Å². The zero-order valence-corrected chi connectivity index (χ0v) is 17.9. The van der Waals surface area contributed by atoms with Crippen LogP contribution in [0.2, 0.25) is 0 Å². The van der Waals surface area contributed by atoms with Gasteiger partial charge in [0.25, 0.3) is 5.56 Å². The van der Waals surface area contributed by atoms with Crippen molar-refractivity contribution in [3.05, 3.63) is 74.1 Å². The van der Waals surface area contributed by atoms with Gasteiger partial charge < -0.3 is 9.88 Å². The highest BCUT2D eigenvalue weighted by molar-refractivity contribution is 5.91. The monoisotopic (exact) mass is 410 g/mol. The van der Waals surface area contributed by atoms with Crippen molar-refractivity contribution in [2.45, 2.75) is 32.9 Å². The predicted molar refractivity (Wildman–Crippen MR) is 118 cm³/mol. The molecule has 1 aliphatic rings. The number of aryl methyl sites for hydroxylation is 1. The van der Waals surface area contributed by atoms with Crippen LogP contribution in [-0.2, 0) is 32.0 Å². The van der Waals surface area contributed by atoms with Crippen LogP contribution in [0.1, 0.15) is 36.5 Å². The summed E-state index contributed by atoms with van der Waals surface area (Å²) in [5.41, 5.74) is 1.78. The summed E-state index contributed by atoms with van der Waals surface area (Å²) in [7, 11) is 2.99. The van der Waals surface area contributed by atoms with Crippen LogP contribution < -0.4 is 16.6 Å². The van der Waals surface area contributed by atoms with Gasteiger partial charge in [-0.25, -0.2) is 4.79 Å². The Hall–Kier alpha value is -2.93. The van der Waals surface area contributed by atoms with Gasteiger partial charge in [0.05, 0.1) is 5.56 Å². The number of benzene rings is 1. The molecule has 30 heavy (non-hydrogen) atoms. The van der Waals surface area contributed by atoms with Crippen LogP contribution in [0.25, 0.3) is 6.08 Å². The van der Waals surface area contributed by atoms with Crippen LogP contribution >= 0.6 is 0 Å². The van der Waals surface area contributed by atoms with E-state index in [1.807, 2.05) is 18.2 Å². The highest BCUT2D eigenvalue weighted by atomic mass is 16.2. The molecule has 2 aromatic rings. The molecule has 1 aromatic carbocycles. The van der Waals surface area contributed by atoms with Crippen LogP contribution in [0.5, 0.6) is 0 Å². The number of carbonyl (C=O) groups excluding carboxylic acids is 1. The molecule has 160 valence electrons. The summed E-state index contributed by atoms with van der Waals surface area (Å²) in [5, 5.41) is 2.89.